The van der Waals surface area contributed by atoms with Crippen LogP contribution < -0.4 is 10.6 Å². The minimum Gasteiger partial charge on any atom is -0.314 e. The van der Waals surface area contributed by atoms with Gasteiger partial charge >= 0.3 is 0 Å². The zero-order chi connectivity index (χ0) is 13.9. The van der Waals surface area contributed by atoms with E-state index in [0.29, 0.717) is 0 Å². The Morgan fingerprint density at radius 2 is 1.26 bits per heavy atom. The third-order valence-electron chi connectivity index (χ3n) is 3.55. The fourth-order valence-electron chi connectivity index (χ4n) is 2.62. The molecule has 0 radical (unpaired) electrons. The van der Waals surface area contributed by atoms with Crippen LogP contribution >= 0.6 is 7.14 Å². The van der Waals surface area contributed by atoms with Crippen molar-refractivity contribution in [1.29, 1.82) is 0 Å². The van der Waals surface area contributed by atoms with Crippen molar-refractivity contribution in [3.05, 3.63) is 59.7 Å². The number of hydrogen-bond acceptors (Lipinski definition) is 1. The van der Waals surface area contributed by atoms with Gasteiger partial charge in [-0.3, -0.25) is 0 Å². The second-order valence-electron chi connectivity index (χ2n) is 5.04. The standard InChI is InChI=1S/C17H21OP/c1-4-13-19(18,16-11-7-5-9-14(16)2)17-12-8-6-10-15(17)3/h5-12H,4,13H2,1-3H3. The molecule has 0 aromatic heterocycles. The predicted octanol–water partition coefficient (Wildman–Crippen LogP) is 4.03. The zero-order valence-corrected chi connectivity index (χ0v) is 12.8. The Morgan fingerprint density at radius 1 is 0.842 bits per heavy atom. The van der Waals surface area contributed by atoms with Gasteiger partial charge in [-0.25, -0.2) is 0 Å². The van der Waals surface area contributed by atoms with Crippen LogP contribution in [-0.2, 0) is 4.57 Å². The first-order valence-corrected chi connectivity index (χ1v) is 8.70. The van der Waals surface area contributed by atoms with Gasteiger partial charge in [-0.05, 0) is 31.4 Å². The Labute approximate surface area is 116 Å². The number of hydrogen-bond donors (Lipinski definition) is 0. The molecule has 2 heteroatoms. The molecule has 0 N–H and O–H groups in total. The van der Waals surface area contributed by atoms with E-state index in [-0.39, 0.29) is 0 Å². The van der Waals surface area contributed by atoms with Gasteiger partial charge in [0.15, 0.2) is 0 Å². The third-order valence-corrected chi connectivity index (χ3v) is 7.18. The molecule has 0 fully saturated rings. The van der Waals surface area contributed by atoms with E-state index >= 15 is 0 Å². The molecule has 1 nitrogen and oxygen atoms in total. The van der Waals surface area contributed by atoms with Crippen LogP contribution in [-0.4, -0.2) is 6.16 Å². The van der Waals surface area contributed by atoms with Gasteiger partial charge < -0.3 is 4.57 Å². The first-order valence-electron chi connectivity index (χ1n) is 6.81. The first-order chi connectivity index (χ1) is 9.09. The van der Waals surface area contributed by atoms with Gasteiger partial charge in [0.05, 0.1) is 0 Å². The molecule has 0 aliphatic rings. The van der Waals surface area contributed by atoms with Crippen molar-refractivity contribution in [2.75, 3.05) is 6.16 Å². The lowest BCUT2D eigenvalue weighted by molar-refractivity contribution is 0.586. The predicted molar refractivity (Wildman–Crippen MR) is 84.4 cm³/mol. The van der Waals surface area contributed by atoms with Crippen molar-refractivity contribution in [2.45, 2.75) is 27.2 Å². The molecule has 0 unspecified atom stereocenters. The topological polar surface area (TPSA) is 17.1 Å². The Kier molecular flexibility index (Phi) is 4.27. The smallest absolute Gasteiger partial charge is 0.143 e. The average Bonchev–Trinajstić information content (AvgIpc) is 2.39. The monoisotopic (exact) mass is 272 g/mol. The molecule has 0 bridgehead atoms. The number of rotatable bonds is 4. The lowest BCUT2D eigenvalue weighted by atomic mass is 10.2. The summed E-state index contributed by atoms with van der Waals surface area (Å²) in [6.45, 7) is 6.20. The Morgan fingerprint density at radius 3 is 1.63 bits per heavy atom. The lowest BCUT2D eigenvalue weighted by Gasteiger charge is -2.22. The van der Waals surface area contributed by atoms with Gasteiger partial charge in [0.1, 0.15) is 7.14 Å². The summed E-state index contributed by atoms with van der Waals surface area (Å²) in [6.07, 6.45) is 1.67. The molecular formula is C17H21OP. The Balaban J connectivity index is 2.66. The number of aryl methyl sites for hydroxylation is 2. The summed E-state index contributed by atoms with van der Waals surface area (Å²) < 4.78 is 13.7. The highest BCUT2D eigenvalue weighted by atomic mass is 31.2. The first kappa shape index (κ1) is 14.1. The summed E-state index contributed by atoms with van der Waals surface area (Å²) >= 11 is 0. The molecule has 2 aromatic rings. The van der Waals surface area contributed by atoms with Crippen LogP contribution in [0.25, 0.3) is 0 Å². The van der Waals surface area contributed by atoms with Gasteiger partial charge in [-0.1, -0.05) is 55.5 Å². The van der Waals surface area contributed by atoms with E-state index in [1.165, 1.54) is 0 Å². The maximum absolute atomic E-state index is 13.7. The molecule has 0 saturated carbocycles. The molecule has 0 atom stereocenters. The van der Waals surface area contributed by atoms with Crippen molar-refractivity contribution in [2.24, 2.45) is 0 Å². The largest absolute Gasteiger partial charge is 0.314 e. The summed E-state index contributed by atoms with van der Waals surface area (Å²) in [5, 5.41) is 2.04. The maximum Gasteiger partial charge on any atom is 0.143 e. The van der Waals surface area contributed by atoms with Gasteiger partial charge in [-0.2, -0.15) is 0 Å². The summed E-state index contributed by atoms with van der Waals surface area (Å²) in [5.41, 5.74) is 2.25. The highest BCUT2D eigenvalue weighted by Crippen LogP contribution is 2.45. The molecule has 0 aliphatic carbocycles. The van der Waals surface area contributed by atoms with E-state index in [4.69, 9.17) is 0 Å². The maximum atomic E-state index is 13.7. The highest BCUT2D eigenvalue weighted by molar-refractivity contribution is 7.78. The Hall–Kier alpha value is -1.33. The molecule has 19 heavy (non-hydrogen) atoms. The minimum atomic E-state index is -2.50. The van der Waals surface area contributed by atoms with Crippen molar-refractivity contribution < 1.29 is 4.57 Å². The van der Waals surface area contributed by atoms with Crippen LogP contribution in [0.3, 0.4) is 0 Å². The van der Waals surface area contributed by atoms with Crippen molar-refractivity contribution in [3.8, 4) is 0 Å². The second kappa shape index (κ2) is 5.75. The van der Waals surface area contributed by atoms with Crippen LogP contribution in [0.4, 0.5) is 0 Å². The molecule has 2 rings (SSSR count). The number of benzene rings is 2. The van der Waals surface area contributed by atoms with Crippen LogP contribution in [0, 0.1) is 13.8 Å². The molecule has 0 amide bonds. The minimum absolute atomic E-state index is 0.739. The fraction of sp³-hybridized carbons (Fsp3) is 0.294. The Bertz CT molecular complexity index is 567. The summed E-state index contributed by atoms with van der Waals surface area (Å²) in [4.78, 5) is 0. The van der Waals surface area contributed by atoms with Gasteiger partial charge in [0, 0.05) is 16.8 Å². The second-order valence-corrected chi connectivity index (χ2v) is 7.93. The molecule has 0 aliphatic heterocycles. The van der Waals surface area contributed by atoms with Crippen LogP contribution in [0.5, 0.6) is 0 Å². The van der Waals surface area contributed by atoms with E-state index in [1.54, 1.807) is 0 Å². The molecule has 2 aromatic carbocycles. The average molecular weight is 272 g/mol. The highest BCUT2D eigenvalue weighted by Gasteiger charge is 2.28. The summed E-state index contributed by atoms with van der Waals surface area (Å²) in [6, 6.07) is 16.1. The van der Waals surface area contributed by atoms with Gasteiger partial charge in [0.25, 0.3) is 0 Å². The summed E-state index contributed by atoms with van der Waals surface area (Å²) in [7, 11) is -2.50. The van der Waals surface area contributed by atoms with E-state index in [0.717, 1.165) is 34.3 Å². The third kappa shape index (κ3) is 2.67. The molecule has 0 saturated heterocycles. The van der Waals surface area contributed by atoms with Crippen LogP contribution in [0.2, 0.25) is 0 Å². The van der Waals surface area contributed by atoms with E-state index in [2.05, 4.69) is 32.9 Å². The molecule has 100 valence electrons. The molecular weight excluding hydrogens is 251 g/mol. The molecule has 0 spiro atoms. The lowest BCUT2D eigenvalue weighted by Crippen LogP contribution is -2.22. The van der Waals surface area contributed by atoms with E-state index < -0.39 is 7.14 Å². The van der Waals surface area contributed by atoms with Gasteiger partial charge in [-0.15, -0.1) is 0 Å². The van der Waals surface area contributed by atoms with Crippen LogP contribution in [0.15, 0.2) is 48.5 Å². The van der Waals surface area contributed by atoms with Crippen molar-refractivity contribution >= 4 is 17.8 Å². The fourth-order valence-corrected chi connectivity index (χ4v) is 5.94. The SMILES string of the molecule is CCCP(=O)(c1ccccc1C)c1ccccc1C. The normalized spacial score (nSPS) is 11.5. The van der Waals surface area contributed by atoms with Crippen LogP contribution in [0.1, 0.15) is 24.5 Å². The van der Waals surface area contributed by atoms with E-state index in [1.807, 2.05) is 36.4 Å². The zero-order valence-electron chi connectivity index (χ0n) is 11.9. The molecule has 0 heterocycles. The summed E-state index contributed by atoms with van der Waals surface area (Å²) in [5.74, 6) is 0. The van der Waals surface area contributed by atoms with Crippen molar-refractivity contribution in [1.82, 2.24) is 0 Å². The van der Waals surface area contributed by atoms with Crippen molar-refractivity contribution in [3.63, 3.8) is 0 Å². The van der Waals surface area contributed by atoms with Gasteiger partial charge in [0.2, 0.25) is 0 Å². The quantitative estimate of drug-likeness (QED) is 0.768. The van der Waals surface area contributed by atoms with E-state index in [9.17, 15) is 4.57 Å².